The maximum Gasteiger partial charge on any atom is 0.269 e. The van der Waals surface area contributed by atoms with Crippen molar-refractivity contribution in [3.05, 3.63) is 38.4 Å². The highest BCUT2D eigenvalue weighted by molar-refractivity contribution is 7.08. The summed E-state index contributed by atoms with van der Waals surface area (Å²) < 4.78 is 0. The van der Waals surface area contributed by atoms with Crippen LogP contribution in [0.15, 0.2) is 21.8 Å². The SMILES string of the molecule is Cc1cscc1-c1ncc(C#N)c(=O)[nH]1. The zero-order chi connectivity index (χ0) is 10.8. The second-order valence-electron chi connectivity index (χ2n) is 3.05. The van der Waals surface area contributed by atoms with Gasteiger partial charge in [0.25, 0.3) is 5.56 Å². The van der Waals surface area contributed by atoms with Crippen LogP contribution < -0.4 is 5.56 Å². The molecule has 2 aromatic rings. The van der Waals surface area contributed by atoms with E-state index in [1.165, 1.54) is 6.20 Å². The lowest BCUT2D eigenvalue weighted by Gasteiger charge is -1.98. The number of rotatable bonds is 1. The lowest BCUT2D eigenvalue weighted by molar-refractivity contribution is 1.11. The zero-order valence-electron chi connectivity index (χ0n) is 7.94. The van der Waals surface area contributed by atoms with E-state index < -0.39 is 5.56 Å². The van der Waals surface area contributed by atoms with Gasteiger partial charge in [-0.2, -0.15) is 16.6 Å². The number of aryl methyl sites for hydroxylation is 1. The molecule has 0 saturated heterocycles. The van der Waals surface area contributed by atoms with Crippen LogP contribution in [-0.4, -0.2) is 9.97 Å². The van der Waals surface area contributed by atoms with Gasteiger partial charge in [0.2, 0.25) is 0 Å². The van der Waals surface area contributed by atoms with Gasteiger partial charge in [-0.05, 0) is 17.9 Å². The van der Waals surface area contributed by atoms with Gasteiger partial charge in [0.1, 0.15) is 17.5 Å². The molecular formula is C10H7N3OS. The molecule has 0 aliphatic heterocycles. The van der Waals surface area contributed by atoms with Crippen LogP contribution in [0.3, 0.4) is 0 Å². The summed E-state index contributed by atoms with van der Waals surface area (Å²) in [7, 11) is 0. The zero-order valence-corrected chi connectivity index (χ0v) is 8.76. The fraction of sp³-hybridized carbons (Fsp3) is 0.100. The summed E-state index contributed by atoms with van der Waals surface area (Å²) in [5, 5.41) is 12.5. The Kier molecular flexibility index (Phi) is 2.35. The molecule has 74 valence electrons. The minimum absolute atomic E-state index is 0.0339. The molecule has 0 spiro atoms. The molecule has 0 amide bonds. The van der Waals surface area contributed by atoms with Gasteiger partial charge in [0.15, 0.2) is 0 Å². The van der Waals surface area contributed by atoms with Crippen molar-refractivity contribution in [2.24, 2.45) is 0 Å². The standard InChI is InChI=1S/C10H7N3OS/c1-6-4-15-5-8(6)9-12-3-7(2-11)10(14)13-9/h3-5H,1H3,(H,12,13,14). The average Bonchev–Trinajstić information content (AvgIpc) is 2.64. The highest BCUT2D eigenvalue weighted by Crippen LogP contribution is 2.22. The number of aromatic amines is 1. The summed E-state index contributed by atoms with van der Waals surface area (Å²) >= 11 is 1.55. The summed E-state index contributed by atoms with van der Waals surface area (Å²) in [6, 6.07) is 1.78. The van der Waals surface area contributed by atoms with E-state index in [2.05, 4.69) is 9.97 Å². The van der Waals surface area contributed by atoms with Crippen molar-refractivity contribution >= 4 is 11.3 Å². The van der Waals surface area contributed by atoms with Crippen molar-refractivity contribution < 1.29 is 0 Å². The molecule has 5 heteroatoms. The summed E-state index contributed by atoms with van der Waals surface area (Å²) in [4.78, 5) is 18.0. The van der Waals surface area contributed by atoms with E-state index in [9.17, 15) is 4.79 Å². The Bertz CT molecular complexity index is 591. The van der Waals surface area contributed by atoms with E-state index in [1.54, 1.807) is 17.4 Å². The minimum Gasteiger partial charge on any atom is -0.305 e. The maximum absolute atomic E-state index is 11.4. The lowest BCUT2D eigenvalue weighted by Crippen LogP contribution is -2.12. The minimum atomic E-state index is -0.395. The molecule has 0 fully saturated rings. The number of H-pyrrole nitrogens is 1. The molecule has 4 nitrogen and oxygen atoms in total. The number of aromatic nitrogens is 2. The Morgan fingerprint density at radius 1 is 1.53 bits per heavy atom. The number of nitrogens with one attached hydrogen (secondary N) is 1. The van der Waals surface area contributed by atoms with Gasteiger partial charge < -0.3 is 4.98 Å². The fourth-order valence-electron chi connectivity index (χ4n) is 1.21. The number of nitriles is 1. The van der Waals surface area contributed by atoms with Crippen molar-refractivity contribution in [1.82, 2.24) is 9.97 Å². The summed E-state index contributed by atoms with van der Waals surface area (Å²) in [6.07, 6.45) is 1.30. The van der Waals surface area contributed by atoms with Gasteiger partial charge in [-0.15, -0.1) is 0 Å². The molecule has 0 saturated carbocycles. The summed E-state index contributed by atoms with van der Waals surface area (Å²) in [6.45, 7) is 1.95. The lowest BCUT2D eigenvalue weighted by atomic mass is 10.2. The molecule has 0 unspecified atom stereocenters. The topological polar surface area (TPSA) is 69.5 Å². The third-order valence-corrected chi connectivity index (χ3v) is 2.89. The predicted octanol–water partition coefficient (Wildman–Crippen LogP) is 1.68. The van der Waals surface area contributed by atoms with Crippen LogP contribution in [0.25, 0.3) is 11.4 Å². The Morgan fingerprint density at radius 2 is 2.33 bits per heavy atom. The van der Waals surface area contributed by atoms with Crippen LogP contribution in [0.5, 0.6) is 0 Å². The van der Waals surface area contributed by atoms with Crippen LogP contribution in [0.4, 0.5) is 0 Å². The molecule has 0 aliphatic carbocycles. The molecule has 2 aromatic heterocycles. The van der Waals surface area contributed by atoms with Gasteiger partial charge in [-0.1, -0.05) is 0 Å². The van der Waals surface area contributed by atoms with Gasteiger partial charge in [0.05, 0.1) is 6.20 Å². The third kappa shape index (κ3) is 1.67. The number of nitrogens with zero attached hydrogens (tertiary/aromatic N) is 2. The molecule has 1 N–H and O–H groups in total. The van der Waals surface area contributed by atoms with E-state index in [0.717, 1.165) is 11.1 Å². The second-order valence-corrected chi connectivity index (χ2v) is 3.80. The van der Waals surface area contributed by atoms with E-state index in [4.69, 9.17) is 5.26 Å². The van der Waals surface area contributed by atoms with Gasteiger partial charge in [-0.3, -0.25) is 4.79 Å². The van der Waals surface area contributed by atoms with E-state index in [1.807, 2.05) is 17.7 Å². The number of thiophene rings is 1. The molecular weight excluding hydrogens is 210 g/mol. The first-order chi connectivity index (χ1) is 7.22. The quantitative estimate of drug-likeness (QED) is 0.790. The number of hydrogen-bond donors (Lipinski definition) is 1. The van der Waals surface area contributed by atoms with Crippen LogP contribution in [0.2, 0.25) is 0 Å². The van der Waals surface area contributed by atoms with Crippen molar-refractivity contribution in [3.8, 4) is 17.5 Å². The van der Waals surface area contributed by atoms with Crippen LogP contribution in [0, 0.1) is 18.3 Å². The van der Waals surface area contributed by atoms with Gasteiger partial charge in [-0.25, -0.2) is 4.98 Å². The maximum atomic E-state index is 11.4. The van der Waals surface area contributed by atoms with E-state index >= 15 is 0 Å². The Morgan fingerprint density at radius 3 is 2.87 bits per heavy atom. The number of hydrogen-bond acceptors (Lipinski definition) is 4. The highest BCUT2D eigenvalue weighted by atomic mass is 32.1. The second kappa shape index (κ2) is 3.67. The molecule has 15 heavy (non-hydrogen) atoms. The van der Waals surface area contributed by atoms with Crippen LogP contribution in [0.1, 0.15) is 11.1 Å². The Labute approximate surface area is 89.9 Å². The van der Waals surface area contributed by atoms with E-state index in [-0.39, 0.29) is 5.56 Å². The molecule has 0 atom stereocenters. The largest absolute Gasteiger partial charge is 0.305 e. The van der Waals surface area contributed by atoms with Crippen molar-refractivity contribution in [2.45, 2.75) is 6.92 Å². The monoisotopic (exact) mass is 217 g/mol. The van der Waals surface area contributed by atoms with Crippen molar-refractivity contribution in [2.75, 3.05) is 0 Å². The van der Waals surface area contributed by atoms with Crippen molar-refractivity contribution in [3.63, 3.8) is 0 Å². The molecule has 0 bridgehead atoms. The first-order valence-electron chi connectivity index (χ1n) is 4.25. The smallest absolute Gasteiger partial charge is 0.269 e. The van der Waals surface area contributed by atoms with Crippen LogP contribution in [-0.2, 0) is 0 Å². The predicted molar refractivity (Wildman–Crippen MR) is 57.6 cm³/mol. The Balaban J connectivity index is 2.58. The molecule has 2 rings (SSSR count). The Hall–Kier alpha value is -1.93. The van der Waals surface area contributed by atoms with E-state index in [0.29, 0.717) is 5.82 Å². The average molecular weight is 217 g/mol. The first kappa shape index (κ1) is 9.62. The van der Waals surface area contributed by atoms with Gasteiger partial charge in [0, 0.05) is 10.9 Å². The first-order valence-corrected chi connectivity index (χ1v) is 5.19. The molecule has 2 heterocycles. The normalized spacial score (nSPS) is 9.87. The molecule has 0 radical (unpaired) electrons. The summed E-state index contributed by atoms with van der Waals surface area (Å²) in [5.74, 6) is 0.512. The molecule has 0 aromatic carbocycles. The van der Waals surface area contributed by atoms with Crippen molar-refractivity contribution in [1.29, 1.82) is 5.26 Å². The van der Waals surface area contributed by atoms with Gasteiger partial charge >= 0.3 is 0 Å². The summed E-state index contributed by atoms with van der Waals surface area (Å²) in [5.41, 5.74) is 1.61. The fourth-order valence-corrected chi connectivity index (χ4v) is 2.05. The highest BCUT2D eigenvalue weighted by Gasteiger charge is 2.06. The van der Waals surface area contributed by atoms with Crippen LogP contribution >= 0.6 is 11.3 Å². The third-order valence-electron chi connectivity index (χ3n) is 2.03. The molecule has 0 aliphatic rings.